The zero-order chi connectivity index (χ0) is 52.7. The maximum atomic E-state index is 13.0. The molecular weight excluding hydrogens is 912 g/mol. The highest BCUT2D eigenvalue weighted by Crippen LogP contribution is 2.38. The summed E-state index contributed by atoms with van der Waals surface area (Å²) < 4.78 is 23.4. The number of nitrogens with zero attached hydrogens (tertiary/aromatic N) is 1. The molecular formula is C63H123N2O6P. The lowest BCUT2D eigenvalue weighted by Gasteiger charge is -2.29. The van der Waals surface area contributed by atoms with E-state index in [4.69, 9.17) is 9.05 Å². The number of aliphatic hydroxyl groups excluding tert-OH is 1. The Bertz CT molecular complexity index is 1270. The smallest absolute Gasteiger partial charge is 0.268 e. The first-order valence-corrected chi connectivity index (χ1v) is 32.8. The summed E-state index contributed by atoms with van der Waals surface area (Å²) in [5.74, 6) is -0.197. The third-order valence-corrected chi connectivity index (χ3v) is 15.3. The fourth-order valence-electron chi connectivity index (χ4n) is 9.42. The molecule has 0 aromatic rings. The number of aliphatic hydroxyl groups is 1. The molecule has 0 aromatic carbocycles. The molecule has 9 heteroatoms. The van der Waals surface area contributed by atoms with Gasteiger partial charge in [-0.1, -0.05) is 288 Å². The molecule has 0 aliphatic carbocycles. The maximum absolute atomic E-state index is 13.0. The third-order valence-electron chi connectivity index (χ3n) is 14.3. The number of carbonyl (C=O) groups is 1. The summed E-state index contributed by atoms with van der Waals surface area (Å²) in [5, 5.41) is 13.9. The minimum absolute atomic E-state index is 0.00131. The van der Waals surface area contributed by atoms with Crippen LogP contribution >= 0.6 is 7.82 Å². The van der Waals surface area contributed by atoms with Gasteiger partial charge in [-0.25, -0.2) is 0 Å². The monoisotopic (exact) mass is 1030 g/mol. The van der Waals surface area contributed by atoms with Gasteiger partial charge in [-0.3, -0.25) is 9.36 Å². The van der Waals surface area contributed by atoms with Crippen molar-refractivity contribution in [2.75, 3.05) is 40.9 Å². The van der Waals surface area contributed by atoms with Gasteiger partial charge in [-0.15, -0.1) is 0 Å². The van der Waals surface area contributed by atoms with Crippen molar-refractivity contribution in [3.63, 3.8) is 0 Å². The van der Waals surface area contributed by atoms with Crippen LogP contribution < -0.4 is 10.2 Å². The number of phosphoric ester groups is 1. The minimum Gasteiger partial charge on any atom is -0.756 e. The first-order valence-electron chi connectivity index (χ1n) is 31.4. The van der Waals surface area contributed by atoms with Crippen molar-refractivity contribution >= 4 is 13.7 Å². The Morgan fingerprint density at radius 1 is 0.486 bits per heavy atom. The van der Waals surface area contributed by atoms with Crippen molar-refractivity contribution in [2.24, 2.45) is 0 Å². The van der Waals surface area contributed by atoms with Gasteiger partial charge in [0.1, 0.15) is 13.2 Å². The molecule has 0 bridgehead atoms. The maximum Gasteiger partial charge on any atom is 0.268 e. The van der Waals surface area contributed by atoms with Gasteiger partial charge in [0, 0.05) is 6.42 Å². The van der Waals surface area contributed by atoms with E-state index < -0.39 is 20.0 Å². The first-order chi connectivity index (χ1) is 35.0. The summed E-state index contributed by atoms with van der Waals surface area (Å²) in [6.45, 7) is 4.69. The summed E-state index contributed by atoms with van der Waals surface area (Å²) in [7, 11) is 1.27. The highest BCUT2D eigenvalue weighted by Gasteiger charge is 2.23. The van der Waals surface area contributed by atoms with Gasteiger partial charge in [0.05, 0.1) is 39.9 Å². The van der Waals surface area contributed by atoms with Gasteiger partial charge in [-0.2, -0.15) is 0 Å². The minimum atomic E-state index is -4.60. The van der Waals surface area contributed by atoms with Crippen molar-refractivity contribution in [2.45, 2.75) is 321 Å². The number of phosphoric acid groups is 1. The predicted molar refractivity (Wildman–Crippen MR) is 311 cm³/mol. The number of quaternary nitrogens is 1. The van der Waals surface area contributed by atoms with E-state index in [1.165, 1.54) is 244 Å². The number of amides is 1. The van der Waals surface area contributed by atoms with Gasteiger partial charge >= 0.3 is 0 Å². The zero-order valence-electron chi connectivity index (χ0n) is 48.6. The van der Waals surface area contributed by atoms with Crippen LogP contribution in [0.15, 0.2) is 36.5 Å². The number of likely N-dealkylation sites (N-methyl/N-ethyl adjacent to an activating group) is 1. The third kappa shape index (κ3) is 56.4. The molecule has 0 saturated carbocycles. The number of carbonyl (C=O) groups excluding carboxylic acids is 1. The SMILES string of the molecule is CCCCCCCCCCC/C=C\C/C=C\CCCCCCCCCCCC(=O)NC(COP(=O)([O-])OCC[N+](C)(C)C)C(O)/C=C/CCCCCCCCCCCCCCCCCCCCCCCCC. The molecule has 0 aromatic heterocycles. The van der Waals surface area contributed by atoms with Gasteiger partial charge in [0.2, 0.25) is 5.91 Å². The van der Waals surface area contributed by atoms with Crippen LogP contribution in [0.3, 0.4) is 0 Å². The summed E-state index contributed by atoms with van der Waals surface area (Å²) in [5.41, 5.74) is 0. The van der Waals surface area contributed by atoms with Crippen molar-refractivity contribution in [3.05, 3.63) is 36.5 Å². The van der Waals surface area contributed by atoms with Crippen LogP contribution in [0.5, 0.6) is 0 Å². The van der Waals surface area contributed by atoms with Crippen LogP contribution in [0.4, 0.5) is 0 Å². The van der Waals surface area contributed by atoms with E-state index in [0.717, 1.165) is 44.9 Å². The van der Waals surface area contributed by atoms with Crippen LogP contribution in [0, 0.1) is 0 Å². The summed E-state index contributed by atoms with van der Waals surface area (Å²) in [4.78, 5) is 25.6. The number of nitrogens with one attached hydrogen (secondary N) is 1. The number of unbranched alkanes of at least 4 members (excludes halogenated alkanes) is 41. The Balaban J connectivity index is 4.17. The van der Waals surface area contributed by atoms with E-state index in [2.05, 4.69) is 43.5 Å². The molecule has 3 unspecified atom stereocenters. The molecule has 0 fully saturated rings. The molecule has 8 nitrogen and oxygen atoms in total. The van der Waals surface area contributed by atoms with Crippen molar-refractivity contribution in [1.29, 1.82) is 0 Å². The van der Waals surface area contributed by atoms with Gasteiger partial charge in [0.25, 0.3) is 7.82 Å². The van der Waals surface area contributed by atoms with Crippen molar-refractivity contribution in [1.82, 2.24) is 5.32 Å². The lowest BCUT2D eigenvalue weighted by atomic mass is 10.0. The molecule has 0 aliphatic rings. The van der Waals surface area contributed by atoms with E-state index in [1.54, 1.807) is 6.08 Å². The number of hydrogen-bond acceptors (Lipinski definition) is 6. The van der Waals surface area contributed by atoms with Gasteiger partial charge in [0.15, 0.2) is 0 Å². The summed E-state index contributed by atoms with van der Waals surface area (Å²) >= 11 is 0. The van der Waals surface area contributed by atoms with Crippen LogP contribution in [-0.4, -0.2) is 68.5 Å². The molecule has 1 amide bonds. The molecule has 2 N–H and O–H groups in total. The van der Waals surface area contributed by atoms with Crippen LogP contribution in [-0.2, 0) is 18.4 Å². The zero-order valence-corrected chi connectivity index (χ0v) is 49.5. The molecule has 0 radical (unpaired) electrons. The van der Waals surface area contributed by atoms with E-state index in [9.17, 15) is 19.4 Å². The molecule has 3 atom stereocenters. The van der Waals surface area contributed by atoms with Crippen LogP contribution in [0.25, 0.3) is 0 Å². The van der Waals surface area contributed by atoms with Gasteiger partial charge in [-0.05, 0) is 51.4 Å². The fraction of sp³-hybridized carbons (Fsp3) is 0.889. The Labute approximate surface area is 448 Å². The normalized spacial score (nSPS) is 14.0. The largest absolute Gasteiger partial charge is 0.756 e. The average Bonchev–Trinajstić information content (AvgIpc) is 3.34. The second kappa shape index (κ2) is 54.5. The Morgan fingerprint density at radius 2 is 0.806 bits per heavy atom. The van der Waals surface area contributed by atoms with Crippen LogP contribution in [0.2, 0.25) is 0 Å². The second-order valence-electron chi connectivity index (χ2n) is 22.8. The topological polar surface area (TPSA) is 108 Å². The highest BCUT2D eigenvalue weighted by atomic mass is 31.2. The van der Waals surface area contributed by atoms with E-state index in [1.807, 2.05) is 27.2 Å². The first kappa shape index (κ1) is 70.7. The van der Waals surface area contributed by atoms with Crippen molar-refractivity contribution in [3.8, 4) is 0 Å². The lowest BCUT2D eigenvalue weighted by molar-refractivity contribution is -0.870. The van der Waals surface area contributed by atoms with E-state index in [-0.39, 0.29) is 19.1 Å². The van der Waals surface area contributed by atoms with Gasteiger partial charge < -0.3 is 28.8 Å². The number of hydrogen-bond donors (Lipinski definition) is 2. The van der Waals surface area contributed by atoms with E-state index >= 15 is 0 Å². The Kier molecular flexibility index (Phi) is 53.5. The number of allylic oxidation sites excluding steroid dienone is 5. The molecule has 0 heterocycles. The fourth-order valence-corrected chi connectivity index (χ4v) is 10.1. The summed E-state index contributed by atoms with van der Waals surface area (Å²) in [6, 6.07) is -0.890. The Morgan fingerprint density at radius 3 is 1.15 bits per heavy atom. The Hall–Kier alpha value is -1.28. The molecule has 426 valence electrons. The predicted octanol–water partition coefficient (Wildman–Crippen LogP) is 18.7. The average molecular weight is 1040 g/mol. The number of rotatable bonds is 58. The highest BCUT2D eigenvalue weighted by molar-refractivity contribution is 7.45. The van der Waals surface area contributed by atoms with Crippen molar-refractivity contribution < 1.29 is 32.9 Å². The quantitative estimate of drug-likeness (QED) is 0.0272. The standard InChI is InChI=1S/C63H123N2O6P/c1-6-8-10-12-14-16-18-20-22-24-26-28-30-32-34-36-38-40-42-44-46-48-50-52-54-56-62(66)61(60-71-72(68,69)70-59-58-65(3,4)5)64-63(67)57-55-53-51-49-47-45-43-41-39-37-35-33-31-29-27-25-23-21-19-17-15-13-11-9-7-2/h27,29,33,35,54,56,61-62,66H,6-26,28,30-32,34,36-53,55,57-60H2,1-5H3,(H-,64,67,68,69)/b29-27-,35-33-,56-54+. The molecule has 0 saturated heterocycles. The van der Waals surface area contributed by atoms with E-state index in [0.29, 0.717) is 17.4 Å². The summed E-state index contributed by atoms with van der Waals surface area (Å²) in [6.07, 6.45) is 70.9. The van der Waals surface area contributed by atoms with Crippen LogP contribution in [0.1, 0.15) is 309 Å². The second-order valence-corrected chi connectivity index (χ2v) is 24.2. The lowest BCUT2D eigenvalue weighted by Crippen LogP contribution is -2.45. The molecule has 0 spiro atoms. The molecule has 72 heavy (non-hydrogen) atoms. The molecule has 0 aliphatic heterocycles. The molecule has 0 rings (SSSR count).